The van der Waals surface area contributed by atoms with E-state index in [1.807, 2.05) is 10.9 Å². The molecular formula is C17H20F3N3O. The normalized spacial score (nSPS) is 16.3. The summed E-state index contributed by atoms with van der Waals surface area (Å²) in [5.41, 5.74) is 1.70. The Balaban J connectivity index is 1.58. The summed E-state index contributed by atoms with van der Waals surface area (Å²) in [4.78, 5) is 2.44. The van der Waals surface area contributed by atoms with Crippen LogP contribution < -0.4 is 4.74 Å². The van der Waals surface area contributed by atoms with E-state index in [4.69, 9.17) is 0 Å². The summed E-state index contributed by atoms with van der Waals surface area (Å²) >= 11 is 0. The summed E-state index contributed by atoms with van der Waals surface area (Å²) in [6, 6.07) is 5.84. The maximum absolute atomic E-state index is 12.2. The van der Waals surface area contributed by atoms with Crippen LogP contribution in [0.5, 0.6) is 5.75 Å². The molecule has 24 heavy (non-hydrogen) atoms. The highest BCUT2D eigenvalue weighted by Crippen LogP contribution is 2.26. The second kappa shape index (κ2) is 7.25. The highest BCUT2D eigenvalue weighted by molar-refractivity contribution is 5.62. The Morgan fingerprint density at radius 2 is 1.67 bits per heavy atom. The minimum atomic E-state index is -4.67. The van der Waals surface area contributed by atoms with Gasteiger partial charge in [-0.3, -0.25) is 4.68 Å². The molecule has 2 aromatic rings. The predicted octanol–water partition coefficient (Wildman–Crippen LogP) is 3.93. The number of hydrogen-bond acceptors (Lipinski definition) is 3. The predicted molar refractivity (Wildman–Crippen MR) is 84.6 cm³/mol. The molecule has 0 saturated carbocycles. The van der Waals surface area contributed by atoms with Crippen molar-refractivity contribution in [2.24, 2.45) is 0 Å². The first-order chi connectivity index (χ1) is 11.5. The molecule has 1 fully saturated rings. The van der Waals surface area contributed by atoms with Crippen molar-refractivity contribution in [3.8, 4) is 16.9 Å². The van der Waals surface area contributed by atoms with Gasteiger partial charge < -0.3 is 9.64 Å². The molecule has 1 saturated heterocycles. The van der Waals surface area contributed by atoms with Gasteiger partial charge in [-0.15, -0.1) is 13.2 Å². The van der Waals surface area contributed by atoms with Gasteiger partial charge in [0.25, 0.3) is 0 Å². The fourth-order valence-corrected chi connectivity index (χ4v) is 2.91. The third-order valence-corrected chi connectivity index (χ3v) is 4.15. The second-order valence-corrected chi connectivity index (χ2v) is 5.97. The van der Waals surface area contributed by atoms with Crippen molar-refractivity contribution in [3.63, 3.8) is 0 Å². The number of rotatable bonds is 5. The van der Waals surface area contributed by atoms with Crippen LogP contribution in [0, 0.1) is 0 Å². The molecule has 130 valence electrons. The number of nitrogens with zero attached hydrogens (tertiary/aromatic N) is 3. The van der Waals surface area contributed by atoms with E-state index in [0.29, 0.717) is 0 Å². The quantitative estimate of drug-likeness (QED) is 0.827. The van der Waals surface area contributed by atoms with Crippen molar-refractivity contribution in [1.82, 2.24) is 14.7 Å². The summed E-state index contributed by atoms with van der Waals surface area (Å²) in [7, 11) is 0. The van der Waals surface area contributed by atoms with E-state index < -0.39 is 6.36 Å². The minimum Gasteiger partial charge on any atom is -0.406 e. The zero-order chi connectivity index (χ0) is 17.0. The van der Waals surface area contributed by atoms with E-state index in [-0.39, 0.29) is 5.75 Å². The Hall–Kier alpha value is -2.02. The highest BCUT2D eigenvalue weighted by Gasteiger charge is 2.30. The van der Waals surface area contributed by atoms with Crippen molar-refractivity contribution >= 4 is 0 Å². The number of ether oxygens (including phenoxy) is 1. The lowest BCUT2D eigenvalue weighted by Gasteiger charge is -2.26. The molecule has 3 rings (SSSR count). The van der Waals surface area contributed by atoms with Crippen LogP contribution in [0.3, 0.4) is 0 Å². The fourth-order valence-electron chi connectivity index (χ4n) is 2.91. The van der Waals surface area contributed by atoms with Gasteiger partial charge in [-0.05, 0) is 43.6 Å². The number of piperidine rings is 1. The number of halogens is 3. The van der Waals surface area contributed by atoms with Crippen LogP contribution in [-0.2, 0) is 6.54 Å². The van der Waals surface area contributed by atoms with E-state index in [9.17, 15) is 13.2 Å². The lowest BCUT2D eigenvalue weighted by atomic mass is 10.1. The standard InChI is InChI=1S/C17H20F3N3O/c18-17(19,20)24-16-6-4-14(5-7-16)15-12-21-23(13-15)11-10-22-8-2-1-3-9-22/h4-7,12-13H,1-3,8-11H2. The van der Waals surface area contributed by atoms with Crippen LogP contribution in [0.4, 0.5) is 13.2 Å². The molecule has 0 radical (unpaired) electrons. The zero-order valence-electron chi connectivity index (χ0n) is 13.3. The number of likely N-dealkylation sites (tertiary alicyclic amines) is 1. The van der Waals surface area contributed by atoms with Crippen molar-refractivity contribution < 1.29 is 17.9 Å². The van der Waals surface area contributed by atoms with Crippen molar-refractivity contribution in [2.75, 3.05) is 19.6 Å². The minimum absolute atomic E-state index is 0.219. The molecule has 1 aliphatic heterocycles. The molecule has 1 aliphatic rings. The van der Waals surface area contributed by atoms with E-state index in [1.54, 1.807) is 18.3 Å². The highest BCUT2D eigenvalue weighted by atomic mass is 19.4. The van der Waals surface area contributed by atoms with E-state index >= 15 is 0 Å². The Bertz CT molecular complexity index is 646. The third kappa shape index (κ3) is 4.74. The Morgan fingerprint density at radius 1 is 0.958 bits per heavy atom. The smallest absolute Gasteiger partial charge is 0.406 e. The Morgan fingerprint density at radius 3 is 2.33 bits per heavy atom. The van der Waals surface area contributed by atoms with E-state index in [1.165, 1.54) is 31.4 Å². The molecule has 1 aromatic carbocycles. The first kappa shape index (κ1) is 16.8. The molecule has 4 nitrogen and oxygen atoms in total. The van der Waals surface area contributed by atoms with Crippen LogP contribution in [0.25, 0.3) is 11.1 Å². The molecule has 0 bridgehead atoms. The molecule has 1 aromatic heterocycles. The van der Waals surface area contributed by atoms with Gasteiger partial charge in [-0.1, -0.05) is 18.6 Å². The second-order valence-electron chi connectivity index (χ2n) is 5.97. The molecule has 0 aliphatic carbocycles. The monoisotopic (exact) mass is 339 g/mol. The lowest BCUT2D eigenvalue weighted by Crippen LogP contribution is -2.32. The SMILES string of the molecule is FC(F)(F)Oc1ccc(-c2cnn(CCN3CCCCC3)c2)cc1. The third-order valence-electron chi connectivity index (χ3n) is 4.15. The molecule has 2 heterocycles. The van der Waals surface area contributed by atoms with Gasteiger partial charge in [-0.2, -0.15) is 5.10 Å². The Labute approximate surface area is 138 Å². The molecule has 7 heteroatoms. The van der Waals surface area contributed by atoms with Crippen LogP contribution in [0.1, 0.15) is 19.3 Å². The zero-order valence-corrected chi connectivity index (χ0v) is 13.3. The summed E-state index contributed by atoms with van der Waals surface area (Å²) < 4.78 is 42.3. The Kier molecular flexibility index (Phi) is 5.08. The first-order valence-electron chi connectivity index (χ1n) is 8.11. The fraction of sp³-hybridized carbons (Fsp3) is 0.471. The number of hydrogen-bond donors (Lipinski definition) is 0. The largest absolute Gasteiger partial charge is 0.573 e. The van der Waals surface area contributed by atoms with Crippen LogP contribution in [-0.4, -0.2) is 40.7 Å². The van der Waals surface area contributed by atoms with Crippen molar-refractivity contribution in [3.05, 3.63) is 36.7 Å². The average molecular weight is 339 g/mol. The maximum atomic E-state index is 12.2. The van der Waals surface area contributed by atoms with Gasteiger partial charge in [0.1, 0.15) is 5.75 Å². The molecule has 0 N–H and O–H groups in total. The van der Waals surface area contributed by atoms with Crippen molar-refractivity contribution in [2.45, 2.75) is 32.2 Å². The van der Waals surface area contributed by atoms with Crippen LogP contribution >= 0.6 is 0 Å². The lowest BCUT2D eigenvalue weighted by molar-refractivity contribution is -0.274. The van der Waals surface area contributed by atoms with Gasteiger partial charge in [0, 0.05) is 18.3 Å². The van der Waals surface area contributed by atoms with Crippen LogP contribution in [0.2, 0.25) is 0 Å². The van der Waals surface area contributed by atoms with Gasteiger partial charge in [0.2, 0.25) is 0 Å². The molecule has 0 unspecified atom stereocenters. The molecule has 0 spiro atoms. The molecular weight excluding hydrogens is 319 g/mol. The van der Waals surface area contributed by atoms with E-state index in [0.717, 1.165) is 37.3 Å². The number of alkyl halides is 3. The number of aromatic nitrogens is 2. The molecule has 0 atom stereocenters. The topological polar surface area (TPSA) is 30.3 Å². The summed E-state index contributed by atoms with van der Waals surface area (Å²) in [6.07, 6.45) is 2.82. The van der Waals surface area contributed by atoms with Gasteiger partial charge >= 0.3 is 6.36 Å². The van der Waals surface area contributed by atoms with E-state index in [2.05, 4.69) is 14.7 Å². The molecule has 0 amide bonds. The first-order valence-corrected chi connectivity index (χ1v) is 8.11. The average Bonchev–Trinajstić information content (AvgIpc) is 3.02. The van der Waals surface area contributed by atoms with Gasteiger partial charge in [0.15, 0.2) is 0 Å². The van der Waals surface area contributed by atoms with Gasteiger partial charge in [0.05, 0.1) is 12.7 Å². The maximum Gasteiger partial charge on any atom is 0.573 e. The van der Waals surface area contributed by atoms with Gasteiger partial charge in [-0.25, -0.2) is 0 Å². The summed E-state index contributed by atoms with van der Waals surface area (Å²) in [5, 5.41) is 4.34. The summed E-state index contributed by atoms with van der Waals surface area (Å²) in [5.74, 6) is -0.219. The van der Waals surface area contributed by atoms with Crippen LogP contribution in [0.15, 0.2) is 36.7 Å². The summed E-state index contributed by atoms with van der Waals surface area (Å²) in [6.45, 7) is 4.08. The van der Waals surface area contributed by atoms with Crippen molar-refractivity contribution in [1.29, 1.82) is 0 Å². The number of benzene rings is 1.